The lowest BCUT2D eigenvalue weighted by Crippen LogP contribution is -2.16. The quantitative estimate of drug-likeness (QED) is 0.714. The van der Waals surface area contributed by atoms with Crippen LogP contribution in [0.4, 0.5) is 5.82 Å². The van der Waals surface area contributed by atoms with Gasteiger partial charge in [0.25, 0.3) is 0 Å². The molecule has 0 bridgehead atoms. The minimum Gasteiger partial charge on any atom is -0.361 e. The van der Waals surface area contributed by atoms with Crippen molar-refractivity contribution in [3.63, 3.8) is 0 Å². The van der Waals surface area contributed by atoms with Crippen molar-refractivity contribution in [1.82, 2.24) is 14.8 Å². The number of rotatable bonds is 6. The fourth-order valence-corrected chi connectivity index (χ4v) is 3.15. The molecule has 0 unspecified atom stereocenters. The second kappa shape index (κ2) is 7.13. The van der Waals surface area contributed by atoms with Crippen molar-refractivity contribution in [3.8, 4) is 0 Å². The minimum absolute atomic E-state index is 0.0254. The van der Waals surface area contributed by atoms with Gasteiger partial charge in [-0.25, -0.2) is 0 Å². The highest BCUT2D eigenvalue weighted by atomic mass is 16.1. The fraction of sp³-hybridized carbons (Fsp3) is 0.400. The third-order valence-corrected chi connectivity index (χ3v) is 4.52. The molecule has 2 heterocycles. The van der Waals surface area contributed by atoms with Gasteiger partial charge in [0.2, 0.25) is 5.91 Å². The third-order valence-electron chi connectivity index (χ3n) is 4.52. The highest BCUT2D eigenvalue weighted by molar-refractivity contribution is 5.96. The summed E-state index contributed by atoms with van der Waals surface area (Å²) in [5.74, 6) is 1.37. The Kier molecular flexibility index (Phi) is 4.93. The van der Waals surface area contributed by atoms with Crippen molar-refractivity contribution in [1.29, 1.82) is 0 Å². The van der Waals surface area contributed by atoms with E-state index in [1.54, 1.807) is 4.68 Å². The number of carbonyl (C=O) groups is 1. The summed E-state index contributed by atoms with van der Waals surface area (Å²) in [6.07, 6.45) is 4.30. The number of amides is 1. The topological polar surface area (TPSA) is 62.7 Å². The monoisotopic (exact) mass is 338 g/mol. The van der Waals surface area contributed by atoms with Crippen molar-refractivity contribution in [2.24, 2.45) is 13.0 Å². The minimum atomic E-state index is -0.0254. The first-order valence-electron chi connectivity index (χ1n) is 8.82. The smallest absolute Gasteiger partial charge is 0.230 e. The average Bonchev–Trinajstić information content (AvgIpc) is 3.10. The van der Waals surface area contributed by atoms with Gasteiger partial charge in [0.15, 0.2) is 0 Å². The molecule has 5 heteroatoms. The Morgan fingerprint density at radius 1 is 1.36 bits per heavy atom. The Balaban J connectivity index is 1.70. The number of hydrogen-bond acceptors (Lipinski definition) is 2. The molecule has 0 saturated carbocycles. The van der Waals surface area contributed by atoms with Gasteiger partial charge in [0.05, 0.1) is 12.1 Å². The molecule has 0 saturated heterocycles. The number of aromatic nitrogens is 3. The molecule has 25 heavy (non-hydrogen) atoms. The summed E-state index contributed by atoms with van der Waals surface area (Å²) in [7, 11) is 1.87. The first-order chi connectivity index (χ1) is 11.9. The molecule has 0 aliphatic rings. The standard InChI is InChI=1S/C20H26N4O/c1-13(2)8-9-16-11-18(24(4)23-16)22-19(25)10-15-12-21-17-7-5-6-14(3)20(15)17/h5-7,11-13,21H,8-10H2,1-4H3,(H,22,25). The van der Waals surface area contributed by atoms with E-state index in [-0.39, 0.29) is 5.91 Å². The molecule has 0 spiro atoms. The highest BCUT2D eigenvalue weighted by Crippen LogP contribution is 2.23. The Morgan fingerprint density at radius 2 is 2.16 bits per heavy atom. The maximum Gasteiger partial charge on any atom is 0.230 e. The van der Waals surface area contributed by atoms with E-state index >= 15 is 0 Å². The summed E-state index contributed by atoms with van der Waals surface area (Å²) in [5, 5.41) is 8.62. The average molecular weight is 338 g/mol. The molecule has 3 aromatic rings. The zero-order valence-corrected chi connectivity index (χ0v) is 15.4. The van der Waals surface area contributed by atoms with Gasteiger partial charge in [-0.1, -0.05) is 26.0 Å². The molecule has 0 aliphatic heterocycles. The third kappa shape index (κ3) is 3.92. The van der Waals surface area contributed by atoms with Gasteiger partial charge in [0.1, 0.15) is 5.82 Å². The molecule has 0 aliphatic carbocycles. The lowest BCUT2D eigenvalue weighted by molar-refractivity contribution is -0.115. The molecule has 3 rings (SSSR count). The van der Waals surface area contributed by atoms with E-state index in [4.69, 9.17) is 0 Å². The van der Waals surface area contributed by atoms with Crippen LogP contribution in [-0.2, 0) is 24.7 Å². The predicted octanol–water partition coefficient (Wildman–Crippen LogP) is 3.98. The second-order valence-electron chi connectivity index (χ2n) is 7.11. The molecule has 0 atom stereocenters. The molecular formula is C20H26N4O. The number of H-pyrrole nitrogens is 1. The van der Waals surface area contributed by atoms with Crippen LogP contribution >= 0.6 is 0 Å². The number of anilines is 1. The molecule has 0 radical (unpaired) electrons. The van der Waals surface area contributed by atoms with Crippen LogP contribution in [0.5, 0.6) is 0 Å². The molecule has 2 N–H and O–H groups in total. The van der Waals surface area contributed by atoms with Gasteiger partial charge in [-0.2, -0.15) is 5.10 Å². The van der Waals surface area contributed by atoms with Crippen LogP contribution in [0, 0.1) is 12.8 Å². The first kappa shape index (κ1) is 17.3. The number of carbonyl (C=O) groups excluding carboxylic acids is 1. The lowest BCUT2D eigenvalue weighted by atomic mass is 10.1. The van der Waals surface area contributed by atoms with Gasteiger partial charge in [-0.15, -0.1) is 0 Å². The van der Waals surface area contributed by atoms with E-state index in [0.717, 1.165) is 40.8 Å². The van der Waals surface area contributed by atoms with Crippen molar-refractivity contribution in [2.45, 2.75) is 40.0 Å². The Morgan fingerprint density at radius 3 is 2.92 bits per heavy atom. The fourth-order valence-electron chi connectivity index (χ4n) is 3.15. The van der Waals surface area contributed by atoms with Crippen molar-refractivity contribution < 1.29 is 4.79 Å². The Hall–Kier alpha value is -2.56. The van der Waals surface area contributed by atoms with Gasteiger partial charge in [0, 0.05) is 30.2 Å². The summed E-state index contributed by atoms with van der Waals surface area (Å²) in [6, 6.07) is 8.10. The summed E-state index contributed by atoms with van der Waals surface area (Å²) in [5.41, 5.74) is 4.29. The molecule has 2 aromatic heterocycles. The molecule has 0 fully saturated rings. The zero-order chi connectivity index (χ0) is 18.0. The van der Waals surface area contributed by atoms with Crippen LogP contribution in [0.2, 0.25) is 0 Å². The van der Waals surface area contributed by atoms with Crippen LogP contribution in [0.25, 0.3) is 10.9 Å². The van der Waals surface area contributed by atoms with E-state index in [9.17, 15) is 4.79 Å². The Bertz CT molecular complexity index is 888. The van der Waals surface area contributed by atoms with Gasteiger partial charge in [-0.05, 0) is 42.9 Å². The summed E-state index contributed by atoms with van der Waals surface area (Å²) < 4.78 is 1.74. The van der Waals surface area contributed by atoms with E-state index in [0.29, 0.717) is 12.3 Å². The molecule has 1 amide bonds. The number of hydrogen-bond donors (Lipinski definition) is 2. The number of nitrogens with zero attached hydrogens (tertiary/aromatic N) is 2. The number of fused-ring (bicyclic) bond motifs is 1. The number of benzene rings is 1. The first-order valence-corrected chi connectivity index (χ1v) is 8.82. The van der Waals surface area contributed by atoms with E-state index < -0.39 is 0 Å². The van der Waals surface area contributed by atoms with Gasteiger partial charge >= 0.3 is 0 Å². The van der Waals surface area contributed by atoms with Gasteiger partial charge < -0.3 is 10.3 Å². The van der Waals surface area contributed by atoms with Crippen molar-refractivity contribution in [3.05, 3.63) is 47.3 Å². The van der Waals surface area contributed by atoms with Crippen molar-refractivity contribution >= 4 is 22.6 Å². The number of aryl methyl sites for hydroxylation is 3. The van der Waals surface area contributed by atoms with E-state index in [1.807, 2.05) is 31.4 Å². The van der Waals surface area contributed by atoms with Crippen molar-refractivity contribution in [2.75, 3.05) is 5.32 Å². The summed E-state index contributed by atoms with van der Waals surface area (Å²) in [4.78, 5) is 15.7. The van der Waals surface area contributed by atoms with E-state index in [2.05, 4.69) is 42.2 Å². The second-order valence-corrected chi connectivity index (χ2v) is 7.11. The highest BCUT2D eigenvalue weighted by Gasteiger charge is 2.13. The van der Waals surface area contributed by atoms with Crippen LogP contribution in [0.15, 0.2) is 30.5 Å². The molecule has 5 nitrogen and oxygen atoms in total. The normalized spacial score (nSPS) is 11.4. The van der Waals surface area contributed by atoms with E-state index in [1.165, 1.54) is 5.56 Å². The maximum atomic E-state index is 12.5. The molecular weight excluding hydrogens is 312 g/mol. The summed E-state index contributed by atoms with van der Waals surface area (Å²) in [6.45, 7) is 6.48. The number of aromatic amines is 1. The van der Waals surface area contributed by atoms with Crippen LogP contribution in [0.3, 0.4) is 0 Å². The summed E-state index contributed by atoms with van der Waals surface area (Å²) >= 11 is 0. The van der Waals surface area contributed by atoms with Crippen LogP contribution in [-0.4, -0.2) is 20.7 Å². The SMILES string of the molecule is Cc1cccc2[nH]cc(CC(=O)Nc3cc(CCC(C)C)nn3C)c12. The largest absolute Gasteiger partial charge is 0.361 e. The zero-order valence-electron chi connectivity index (χ0n) is 15.4. The predicted molar refractivity (Wildman–Crippen MR) is 102 cm³/mol. The Labute approximate surface area is 148 Å². The lowest BCUT2D eigenvalue weighted by Gasteiger charge is -2.05. The van der Waals surface area contributed by atoms with Crippen LogP contribution < -0.4 is 5.32 Å². The molecule has 1 aromatic carbocycles. The number of nitrogens with one attached hydrogen (secondary N) is 2. The van der Waals surface area contributed by atoms with Crippen LogP contribution in [0.1, 0.15) is 37.1 Å². The molecule has 132 valence electrons. The maximum absolute atomic E-state index is 12.5. The van der Waals surface area contributed by atoms with Gasteiger partial charge in [-0.3, -0.25) is 9.48 Å².